The molecule has 0 heterocycles. The molecule has 0 bridgehead atoms. The summed E-state index contributed by atoms with van der Waals surface area (Å²) < 4.78 is 33.6. The van der Waals surface area contributed by atoms with Crippen molar-refractivity contribution in [3.63, 3.8) is 0 Å². The summed E-state index contributed by atoms with van der Waals surface area (Å²) >= 11 is 0. The predicted molar refractivity (Wildman–Crippen MR) is 216 cm³/mol. The lowest BCUT2D eigenvalue weighted by Crippen LogP contribution is -2.68. The summed E-state index contributed by atoms with van der Waals surface area (Å²) in [5.74, 6) is 1.16. The Kier molecular flexibility index (Phi) is 15.2. The molecule has 0 aromatic heterocycles. The van der Waals surface area contributed by atoms with E-state index in [0.29, 0.717) is 25.7 Å². The quantitative estimate of drug-likeness (QED) is 0.0912. The van der Waals surface area contributed by atoms with Gasteiger partial charge >= 0.3 is 0 Å². The van der Waals surface area contributed by atoms with Gasteiger partial charge in [-0.25, -0.2) is 0 Å². The molecule has 0 unspecified atom stereocenters. The van der Waals surface area contributed by atoms with Crippen LogP contribution in [-0.4, -0.2) is 55.8 Å². The monoisotopic (exact) mass is 720 g/mol. The number of hydrogen-bond acceptors (Lipinski definition) is 5. The Morgan fingerprint density at radius 1 is 0.680 bits per heavy atom. The van der Waals surface area contributed by atoms with E-state index in [1.165, 1.54) is 10.4 Å². The molecule has 278 valence electrons. The van der Waals surface area contributed by atoms with Gasteiger partial charge in [0.2, 0.25) is 0 Å². The third-order valence-electron chi connectivity index (χ3n) is 10.7. The zero-order valence-electron chi connectivity index (χ0n) is 33.6. The van der Waals surface area contributed by atoms with E-state index in [0.717, 1.165) is 30.8 Å². The molecule has 5 nitrogen and oxygen atoms in total. The zero-order chi connectivity index (χ0) is 37.2. The first-order valence-electron chi connectivity index (χ1n) is 18.6. The minimum atomic E-state index is -2.82. The van der Waals surface area contributed by atoms with Crippen LogP contribution in [0.4, 0.5) is 0 Å². The van der Waals surface area contributed by atoms with Crippen molar-refractivity contribution in [2.75, 3.05) is 26.9 Å². The second-order valence-electron chi connectivity index (χ2n) is 17.2. The molecule has 0 fully saturated rings. The average Bonchev–Trinajstić information content (AvgIpc) is 3.06. The van der Waals surface area contributed by atoms with Crippen LogP contribution in [0.1, 0.15) is 87.6 Å². The van der Waals surface area contributed by atoms with E-state index in [1.54, 1.807) is 7.11 Å². The lowest BCUT2D eigenvalue weighted by molar-refractivity contribution is -0.108. The van der Waals surface area contributed by atoms with Gasteiger partial charge in [0.05, 0.1) is 32.5 Å². The molecule has 0 amide bonds. The summed E-state index contributed by atoms with van der Waals surface area (Å²) in [6.45, 7) is 30.2. The normalized spacial score (nSPS) is 15.1. The molecule has 0 radical (unpaired) electrons. The van der Waals surface area contributed by atoms with Gasteiger partial charge in [-0.05, 0) is 70.0 Å². The second-order valence-corrected chi connectivity index (χ2v) is 26.3. The van der Waals surface area contributed by atoms with E-state index in [2.05, 4.69) is 155 Å². The molecule has 0 N–H and O–H groups in total. The van der Waals surface area contributed by atoms with Gasteiger partial charge in [0, 0.05) is 18.6 Å². The molecular weight excluding hydrogens is 653 g/mol. The standard InChI is InChI=1S/C43H68O5Si2/c1-14-29-45-31-34(2)30-39(46-32-35-25-27-36(44-11)28-26-35)43(9,10)40(48-49(12,13)41(3,4)5)33-47-50(42(6,7)8,37-21-17-15-18-22-37)38-23-19-16-20-24-38/h15-28,34,39-40H,14,29-33H2,1-13H3/t34-,39-,40+/m1/s1. The van der Waals surface area contributed by atoms with Crippen molar-refractivity contribution >= 4 is 27.0 Å². The van der Waals surface area contributed by atoms with E-state index in [9.17, 15) is 0 Å². The zero-order valence-corrected chi connectivity index (χ0v) is 35.6. The molecule has 3 aromatic rings. The van der Waals surface area contributed by atoms with Gasteiger partial charge in [-0.2, -0.15) is 0 Å². The number of benzene rings is 3. The van der Waals surface area contributed by atoms with E-state index in [-0.39, 0.29) is 22.3 Å². The van der Waals surface area contributed by atoms with Crippen molar-refractivity contribution in [1.82, 2.24) is 0 Å². The molecule has 0 saturated heterocycles. The van der Waals surface area contributed by atoms with Crippen LogP contribution in [0.2, 0.25) is 23.2 Å². The topological polar surface area (TPSA) is 46.2 Å². The minimum absolute atomic E-state index is 0.0272. The highest BCUT2D eigenvalue weighted by Crippen LogP contribution is 2.44. The maximum atomic E-state index is 7.64. The first-order valence-corrected chi connectivity index (χ1v) is 23.5. The van der Waals surface area contributed by atoms with Crippen LogP contribution in [0.15, 0.2) is 84.9 Å². The van der Waals surface area contributed by atoms with Crippen molar-refractivity contribution in [1.29, 1.82) is 0 Å². The highest BCUT2D eigenvalue weighted by molar-refractivity contribution is 6.99. The van der Waals surface area contributed by atoms with Gasteiger partial charge in [0.1, 0.15) is 5.75 Å². The van der Waals surface area contributed by atoms with E-state index >= 15 is 0 Å². The van der Waals surface area contributed by atoms with E-state index < -0.39 is 22.0 Å². The maximum Gasteiger partial charge on any atom is 0.261 e. The highest BCUT2D eigenvalue weighted by atomic mass is 28.4. The first kappa shape index (κ1) is 42.1. The van der Waals surface area contributed by atoms with Gasteiger partial charge in [-0.3, -0.25) is 0 Å². The van der Waals surface area contributed by atoms with Gasteiger partial charge in [-0.1, -0.05) is 142 Å². The predicted octanol–water partition coefficient (Wildman–Crippen LogP) is 10.0. The molecule has 3 rings (SSSR count). The summed E-state index contributed by atoms with van der Waals surface area (Å²) in [7, 11) is -3.37. The molecule has 0 aliphatic carbocycles. The molecule has 0 saturated carbocycles. The molecule has 3 atom stereocenters. The van der Waals surface area contributed by atoms with Crippen LogP contribution < -0.4 is 15.1 Å². The molecule has 0 spiro atoms. The summed E-state index contributed by atoms with van der Waals surface area (Å²) in [5, 5.41) is 2.43. The van der Waals surface area contributed by atoms with Crippen LogP contribution >= 0.6 is 0 Å². The lowest BCUT2D eigenvalue weighted by atomic mass is 9.77. The smallest absolute Gasteiger partial charge is 0.261 e. The number of methoxy groups -OCH3 is 1. The second kappa shape index (κ2) is 18.0. The van der Waals surface area contributed by atoms with Crippen molar-refractivity contribution < 1.29 is 23.1 Å². The lowest BCUT2D eigenvalue weighted by Gasteiger charge is -2.49. The van der Waals surface area contributed by atoms with Crippen LogP contribution in [-0.2, 0) is 24.9 Å². The highest BCUT2D eigenvalue weighted by Gasteiger charge is 2.53. The van der Waals surface area contributed by atoms with E-state index in [1.807, 2.05) is 12.1 Å². The Labute approximate surface area is 307 Å². The van der Waals surface area contributed by atoms with Crippen molar-refractivity contribution in [3.05, 3.63) is 90.5 Å². The van der Waals surface area contributed by atoms with Crippen molar-refractivity contribution in [2.45, 2.75) is 124 Å². The SMILES string of the molecule is CCCOC[C@H](C)C[C@@H](OCc1ccc(OC)cc1)C(C)(C)[C@H](CO[Si](c1ccccc1)(c1ccccc1)C(C)(C)C)O[Si](C)(C)C(C)(C)C. The van der Waals surface area contributed by atoms with Crippen molar-refractivity contribution in [3.8, 4) is 5.75 Å². The Morgan fingerprint density at radius 3 is 1.68 bits per heavy atom. The Morgan fingerprint density at radius 2 is 1.22 bits per heavy atom. The van der Waals surface area contributed by atoms with Gasteiger partial charge < -0.3 is 23.1 Å². The van der Waals surface area contributed by atoms with Gasteiger partial charge in [0.25, 0.3) is 8.32 Å². The first-order chi connectivity index (χ1) is 23.4. The van der Waals surface area contributed by atoms with Crippen LogP contribution in [0.25, 0.3) is 0 Å². The average molecular weight is 721 g/mol. The third-order valence-corrected chi connectivity index (χ3v) is 20.2. The number of ether oxygens (including phenoxy) is 3. The molecule has 0 aliphatic rings. The molecule has 50 heavy (non-hydrogen) atoms. The van der Waals surface area contributed by atoms with Crippen LogP contribution in [0.5, 0.6) is 5.75 Å². The maximum absolute atomic E-state index is 7.64. The van der Waals surface area contributed by atoms with Gasteiger partial charge in [-0.15, -0.1) is 0 Å². The Hall–Kier alpha value is -2.27. The fourth-order valence-corrected chi connectivity index (χ4v) is 12.5. The van der Waals surface area contributed by atoms with Crippen LogP contribution in [0, 0.1) is 11.3 Å². The number of rotatable bonds is 19. The minimum Gasteiger partial charge on any atom is -0.497 e. The summed E-state index contributed by atoms with van der Waals surface area (Å²) in [4.78, 5) is 0. The molecule has 7 heteroatoms. The fraction of sp³-hybridized carbons (Fsp3) is 0.581. The van der Waals surface area contributed by atoms with Crippen molar-refractivity contribution in [2.24, 2.45) is 11.3 Å². The molecular formula is C43H68O5Si2. The Balaban J connectivity index is 2.11. The number of hydrogen-bond donors (Lipinski definition) is 0. The van der Waals surface area contributed by atoms with E-state index in [4.69, 9.17) is 23.1 Å². The third kappa shape index (κ3) is 10.6. The van der Waals surface area contributed by atoms with Crippen LogP contribution in [0.3, 0.4) is 0 Å². The summed E-state index contributed by atoms with van der Waals surface area (Å²) in [5.41, 5.74) is 0.721. The Bertz CT molecular complexity index is 1360. The fourth-order valence-electron chi connectivity index (χ4n) is 6.47. The molecule has 0 aliphatic heterocycles. The summed E-state index contributed by atoms with van der Waals surface area (Å²) in [6, 6.07) is 30.0. The molecule has 3 aromatic carbocycles. The van der Waals surface area contributed by atoms with Gasteiger partial charge in [0.15, 0.2) is 8.32 Å². The summed E-state index contributed by atoms with van der Waals surface area (Å²) in [6.07, 6.45) is 1.54. The largest absolute Gasteiger partial charge is 0.497 e.